The first-order valence-electron chi connectivity index (χ1n) is 7.01. The molecule has 0 bridgehead atoms. The third-order valence-electron chi connectivity index (χ3n) is 4.00. The molecule has 3 nitrogen and oxygen atoms in total. The fourth-order valence-electron chi connectivity index (χ4n) is 2.98. The first-order chi connectivity index (χ1) is 10.3. The molecule has 0 radical (unpaired) electrons. The van der Waals surface area contributed by atoms with Crippen molar-refractivity contribution in [3.8, 4) is 0 Å². The maximum Gasteiger partial charge on any atom is 0.137 e. The molecular formula is C17H14ClN3. The molecule has 21 heavy (non-hydrogen) atoms. The zero-order valence-electron chi connectivity index (χ0n) is 11.3. The van der Waals surface area contributed by atoms with Gasteiger partial charge < -0.3 is 5.32 Å². The highest BCUT2D eigenvalue weighted by atomic mass is 35.5. The molecule has 1 aliphatic carbocycles. The van der Waals surface area contributed by atoms with Crippen LogP contribution in [0, 0.1) is 0 Å². The van der Waals surface area contributed by atoms with E-state index < -0.39 is 0 Å². The maximum absolute atomic E-state index is 6.54. The van der Waals surface area contributed by atoms with E-state index in [1.165, 1.54) is 11.1 Å². The fraction of sp³-hybridized carbons (Fsp3) is 0.176. The third-order valence-corrected chi connectivity index (χ3v) is 4.41. The van der Waals surface area contributed by atoms with Crippen LogP contribution < -0.4 is 5.32 Å². The lowest BCUT2D eigenvalue weighted by molar-refractivity contribution is 0.768. The van der Waals surface area contributed by atoms with E-state index >= 15 is 0 Å². The van der Waals surface area contributed by atoms with E-state index in [1.807, 2.05) is 24.3 Å². The van der Waals surface area contributed by atoms with E-state index in [4.69, 9.17) is 11.6 Å². The molecule has 0 spiro atoms. The number of hydrogen-bond donors (Lipinski definition) is 1. The van der Waals surface area contributed by atoms with E-state index in [9.17, 15) is 0 Å². The van der Waals surface area contributed by atoms with Crippen LogP contribution in [0.2, 0.25) is 0 Å². The molecular weight excluding hydrogens is 282 g/mol. The number of aromatic nitrogens is 2. The smallest absolute Gasteiger partial charge is 0.137 e. The summed E-state index contributed by atoms with van der Waals surface area (Å²) < 4.78 is 0. The monoisotopic (exact) mass is 295 g/mol. The van der Waals surface area contributed by atoms with Crippen LogP contribution in [0.4, 0.5) is 5.82 Å². The summed E-state index contributed by atoms with van der Waals surface area (Å²) in [4.78, 5) is 8.69. The summed E-state index contributed by atoms with van der Waals surface area (Å²) in [5.41, 5.74) is 3.51. The van der Waals surface area contributed by atoms with Gasteiger partial charge in [-0.25, -0.2) is 9.97 Å². The minimum absolute atomic E-state index is 0.0381. The molecule has 3 aromatic rings. The molecule has 4 heteroatoms. The molecule has 1 aliphatic rings. The summed E-state index contributed by atoms with van der Waals surface area (Å²) >= 11 is 6.54. The van der Waals surface area contributed by atoms with Gasteiger partial charge in [-0.2, -0.15) is 0 Å². The van der Waals surface area contributed by atoms with Crippen molar-refractivity contribution in [2.75, 3.05) is 5.32 Å². The van der Waals surface area contributed by atoms with Gasteiger partial charge in [-0.3, -0.25) is 0 Å². The van der Waals surface area contributed by atoms with Crippen LogP contribution in [0.1, 0.15) is 17.2 Å². The van der Waals surface area contributed by atoms with Gasteiger partial charge in [0.25, 0.3) is 0 Å². The normalized spacial score (nSPS) is 20.4. The largest absolute Gasteiger partial charge is 0.361 e. The average Bonchev–Trinajstić information content (AvgIpc) is 2.84. The Balaban J connectivity index is 1.75. The molecule has 0 aliphatic heterocycles. The standard InChI is InChI=1S/C17H14ClN3/c18-14-9-11-5-1-2-6-12(11)16(14)21-17-13-7-3-4-8-15(13)19-10-20-17/h1-8,10,14,16H,9H2,(H,19,20,21). The number of fused-ring (bicyclic) bond motifs is 2. The fourth-order valence-corrected chi connectivity index (χ4v) is 3.35. The van der Waals surface area contributed by atoms with Crippen LogP contribution >= 0.6 is 11.6 Å². The lowest BCUT2D eigenvalue weighted by atomic mass is 10.1. The zero-order valence-corrected chi connectivity index (χ0v) is 12.1. The van der Waals surface area contributed by atoms with Gasteiger partial charge in [0.15, 0.2) is 0 Å². The number of para-hydroxylation sites is 1. The van der Waals surface area contributed by atoms with Crippen LogP contribution in [0.5, 0.6) is 0 Å². The number of alkyl halides is 1. The number of halogens is 1. The Labute approximate surface area is 128 Å². The van der Waals surface area contributed by atoms with Crippen LogP contribution in [0.15, 0.2) is 54.9 Å². The molecule has 1 aromatic heterocycles. The van der Waals surface area contributed by atoms with Crippen LogP contribution in [-0.4, -0.2) is 15.3 Å². The molecule has 4 rings (SSSR count). The summed E-state index contributed by atoms with van der Waals surface area (Å²) in [5.74, 6) is 0.841. The van der Waals surface area contributed by atoms with E-state index in [1.54, 1.807) is 6.33 Å². The van der Waals surface area contributed by atoms with Crippen LogP contribution in [-0.2, 0) is 6.42 Å². The Bertz CT molecular complexity index is 797. The Kier molecular flexibility index (Phi) is 3.00. The number of nitrogens with one attached hydrogen (secondary N) is 1. The summed E-state index contributed by atoms with van der Waals surface area (Å²) in [7, 11) is 0. The molecule has 2 unspecified atom stereocenters. The number of hydrogen-bond acceptors (Lipinski definition) is 3. The lowest BCUT2D eigenvalue weighted by Gasteiger charge is -2.19. The summed E-state index contributed by atoms with van der Waals surface area (Å²) in [6.45, 7) is 0. The molecule has 1 N–H and O–H groups in total. The summed E-state index contributed by atoms with van der Waals surface area (Å²) in [6.07, 6.45) is 2.48. The molecule has 0 saturated heterocycles. The lowest BCUT2D eigenvalue weighted by Crippen LogP contribution is -2.17. The van der Waals surface area contributed by atoms with Crippen molar-refractivity contribution in [3.05, 3.63) is 66.0 Å². The highest BCUT2D eigenvalue weighted by Crippen LogP contribution is 2.37. The van der Waals surface area contributed by atoms with Gasteiger partial charge in [0, 0.05) is 5.39 Å². The molecule has 1 heterocycles. The Morgan fingerprint density at radius 2 is 1.81 bits per heavy atom. The zero-order chi connectivity index (χ0) is 14.2. The van der Waals surface area contributed by atoms with E-state index in [0.29, 0.717) is 0 Å². The van der Waals surface area contributed by atoms with Crippen molar-refractivity contribution in [1.82, 2.24) is 9.97 Å². The molecule has 2 atom stereocenters. The predicted octanol–water partition coefficient (Wildman–Crippen LogP) is 3.95. The van der Waals surface area contributed by atoms with Crippen molar-refractivity contribution >= 4 is 28.3 Å². The number of benzene rings is 2. The van der Waals surface area contributed by atoms with Crippen molar-refractivity contribution in [1.29, 1.82) is 0 Å². The summed E-state index contributed by atoms with van der Waals surface area (Å²) in [6, 6.07) is 16.5. The summed E-state index contributed by atoms with van der Waals surface area (Å²) in [5, 5.41) is 4.57. The van der Waals surface area contributed by atoms with Gasteiger partial charge in [-0.05, 0) is 29.7 Å². The Morgan fingerprint density at radius 1 is 1.00 bits per heavy atom. The highest BCUT2D eigenvalue weighted by molar-refractivity contribution is 6.21. The number of anilines is 1. The second-order valence-corrected chi connectivity index (χ2v) is 5.84. The van der Waals surface area contributed by atoms with E-state index in [-0.39, 0.29) is 11.4 Å². The van der Waals surface area contributed by atoms with Crippen molar-refractivity contribution in [3.63, 3.8) is 0 Å². The van der Waals surface area contributed by atoms with Gasteiger partial charge in [-0.15, -0.1) is 11.6 Å². The van der Waals surface area contributed by atoms with Gasteiger partial charge in [-0.1, -0.05) is 36.4 Å². The quantitative estimate of drug-likeness (QED) is 0.728. The highest BCUT2D eigenvalue weighted by Gasteiger charge is 2.31. The number of rotatable bonds is 2. The molecule has 0 amide bonds. The second kappa shape index (κ2) is 5.01. The SMILES string of the molecule is ClC1Cc2ccccc2C1Nc1ncnc2ccccc12. The van der Waals surface area contributed by atoms with Gasteiger partial charge in [0.2, 0.25) is 0 Å². The molecule has 0 saturated carbocycles. The molecule has 104 valence electrons. The first kappa shape index (κ1) is 12.6. The average molecular weight is 296 g/mol. The maximum atomic E-state index is 6.54. The van der Waals surface area contributed by atoms with Gasteiger partial charge >= 0.3 is 0 Å². The van der Waals surface area contributed by atoms with Crippen molar-refractivity contribution < 1.29 is 0 Å². The Morgan fingerprint density at radius 3 is 2.76 bits per heavy atom. The second-order valence-electron chi connectivity index (χ2n) is 5.28. The van der Waals surface area contributed by atoms with Crippen LogP contribution in [0.25, 0.3) is 10.9 Å². The van der Waals surface area contributed by atoms with Gasteiger partial charge in [0.05, 0.1) is 16.9 Å². The topological polar surface area (TPSA) is 37.8 Å². The number of nitrogens with zero attached hydrogens (tertiary/aromatic N) is 2. The molecule has 2 aromatic carbocycles. The minimum atomic E-state index is 0.0381. The Hall–Kier alpha value is -2.13. The minimum Gasteiger partial charge on any atom is -0.361 e. The third kappa shape index (κ3) is 2.14. The van der Waals surface area contributed by atoms with Gasteiger partial charge in [0.1, 0.15) is 12.1 Å². The first-order valence-corrected chi connectivity index (χ1v) is 7.45. The van der Waals surface area contributed by atoms with E-state index in [0.717, 1.165) is 23.1 Å². The van der Waals surface area contributed by atoms with E-state index in [2.05, 4.69) is 39.6 Å². The predicted molar refractivity (Wildman–Crippen MR) is 85.7 cm³/mol. The molecule has 0 fully saturated rings. The van der Waals surface area contributed by atoms with Crippen molar-refractivity contribution in [2.45, 2.75) is 17.8 Å². The van der Waals surface area contributed by atoms with Crippen LogP contribution in [0.3, 0.4) is 0 Å². The van der Waals surface area contributed by atoms with Crippen molar-refractivity contribution in [2.24, 2.45) is 0 Å².